The van der Waals surface area contributed by atoms with E-state index in [-0.39, 0.29) is 23.2 Å². The molecule has 6 nitrogen and oxygen atoms in total. The minimum atomic E-state index is -0.585. The second-order valence-corrected chi connectivity index (χ2v) is 7.80. The highest BCUT2D eigenvalue weighted by atomic mass is 16.5. The van der Waals surface area contributed by atoms with Gasteiger partial charge in [-0.25, -0.2) is 4.79 Å². The van der Waals surface area contributed by atoms with Gasteiger partial charge >= 0.3 is 5.97 Å². The molecule has 2 atom stereocenters. The van der Waals surface area contributed by atoms with Gasteiger partial charge in [0, 0.05) is 36.7 Å². The highest BCUT2D eigenvalue weighted by Crippen LogP contribution is 2.47. The molecule has 1 saturated heterocycles. The van der Waals surface area contributed by atoms with Gasteiger partial charge in [0.05, 0.1) is 12.7 Å². The molecule has 2 heterocycles. The number of allylic oxidation sites excluding steroid dienone is 2. The molecule has 1 aliphatic carbocycles. The topological polar surface area (TPSA) is 75.7 Å². The van der Waals surface area contributed by atoms with Gasteiger partial charge in [0.15, 0.2) is 5.78 Å². The van der Waals surface area contributed by atoms with Crippen molar-refractivity contribution in [2.45, 2.75) is 32.6 Å². The van der Waals surface area contributed by atoms with Gasteiger partial charge in [-0.05, 0) is 24.8 Å². The van der Waals surface area contributed by atoms with Crippen LogP contribution in [0.5, 0.6) is 0 Å². The third-order valence-electron chi connectivity index (χ3n) is 5.77. The van der Waals surface area contributed by atoms with E-state index >= 15 is 0 Å². The number of fused-ring (bicyclic) bond motifs is 2. The van der Waals surface area contributed by atoms with Crippen LogP contribution in [0.1, 0.15) is 36.8 Å². The molecule has 28 heavy (non-hydrogen) atoms. The number of hydrogen-bond donors (Lipinski definition) is 1. The Morgan fingerprint density at radius 1 is 1.18 bits per heavy atom. The first-order chi connectivity index (χ1) is 13.4. The number of carbonyl (C=O) groups is 3. The van der Waals surface area contributed by atoms with Crippen molar-refractivity contribution >= 4 is 17.7 Å². The van der Waals surface area contributed by atoms with E-state index in [0.29, 0.717) is 37.2 Å². The molecule has 0 radical (unpaired) electrons. The van der Waals surface area contributed by atoms with Gasteiger partial charge in [-0.2, -0.15) is 0 Å². The molecule has 146 valence electrons. The van der Waals surface area contributed by atoms with E-state index < -0.39 is 11.9 Å². The smallest absolute Gasteiger partial charge is 0.337 e. The molecule has 0 aromatic heterocycles. The number of esters is 1. The summed E-state index contributed by atoms with van der Waals surface area (Å²) in [6, 6.07) is 7.77. The maximum atomic E-state index is 13.1. The van der Waals surface area contributed by atoms with E-state index in [1.54, 1.807) is 0 Å². The van der Waals surface area contributed by atoms with Crippen LogP contribution in [0.2, 0.25) is 0 Å². The molecule has 0 unspecified atom stereocenters. The van der Waals surface area contributed by atoms with E-state index in [2.05, 4.69) is 5.32 Å². The Morgan fingerprint density at radius 2 is 1.89 bits per heavy atom. The van der Waals surface area contributed by atoms with Crippen molar-refractivity contribution in [1.82, 2.24) is 10.2 Å². The fraction of sp³-hybridized carbons (Fsp3) is 0.409. The van der Waals surface area contributed by atoms with Gasteiger partial charge < -0.3 is 15.0 Å². The molecular formula is C22H24N2O4. The third-order valence-corrected chi connectivity index (χ3v) is 5.77. The maximum Gasteiger partial charge on any atom is 0.337 e. The first-order valence-corrected chi connectivity index (χ1v) is 9.63. The number of amides is 1. The lowest BCUT2D eigenvalue weighted by Crippen LogP contribution is -2.50. The van der Waals surface area contributed by atoms with Crippen molar-refractivity contribution in [3.8, 4) is 0 Å². The average molecular weight is 380 g/mol. The van der Waals surface area contributed by atoms with Crippen LogP contribution in [-0.2, 0) is 19.1 Å². The third kappa shape index (κ3) is 2.84. The number of piperazine rings is 1. The lowest BCUT2D eigenvalue weighted by molar-refractivity contribution is -0.137. The largest absolute Gasteiger partial charge is 0.466 e. The Morgan fingerprint density at radius 3 is 2.57 bits per heavy atom. The molecule has 1 aromatic carbocycles. The number of hydrogen-bond acceptors (Lipinski definition) is 5. The number of Topliss-reactive ketones (excluding diaryl/α,β-unsaturated/α-hetero) is 1. The van der Waals surface area contributed by atoms with Crippen LogP contribution < -0.4 is 5.32 Å². The van der Waals surface area contributed by atoms with Crippen LogP contribution in [0, 0.1) is 12.8 Å². The van der Waals surface area contributed by atoms with E-state index in [4.69, 9.17) is 4.74 Å². The number of ketones is 1. The highest BCUT2D eigenvalue weighted by Gasteiger charge is 2.46. The summed E-state index contributed by atoms with van der Waals surface area (Å²) in [6.07, 6.45) is 1.17. The minimum Gasteiger partial charge on any atom is -0.466 e. The van der Waals surface area contributed by atoms with Gasteiger partial charge in [-0.1, -0.05) is 36.8 Å². The first-order valence-electron chi connectivity index (χ1n) is 9.63. The van der Waals surface area contributed by atoms with E-state index in [0.717, 1.165) is 16.8 Å². The van der Waals surface area contributed by atoms with Crippen LogP contribution in [0.3, 0.4) is 0 Å². The summed E-state index contributed by atoms with van der Waals surface area (Å²) in [4.78, 5) is 40.7. The Hall–Kier alpha value is -2.89. The highest BCUT2D eigenvalue weighted by molar-refractivity contribution is 6.09. The molecule has 1 fully saturated rings. The Kier molecular flexibility index (Phi) is 4.57. The van der Waals surface area contributed by atoms with Crippen molar-refractivity contribution in [3.63, 3.8) is 0 Å². The molecular weight excluding hydrogens is 356 g/mol. The minimum absolute atomic E-state index is 0.0470. The van der Waals surface area contributed by atoms with Crippen LogP contribution in [-0.4, -0.2) is 42.8 Å². The fourth-order valence-corrected chi connectivity index (χ4v) is 4.52. The van der Waals surface area contributed by atoms with Gasteiger partial charge in [0.2, 0.25) is 0 Å². The van der Waals surface area contributed by atoms with E-state index in [1.165, 1.54) is 7.11 Å². The molecule has 0 saturated carbocycles. The monoisotopic (exact) mass is 380 g/mol. The molecule has 0 spiro atoms. The van der Waals surface area contributed by atoms with E-state index in [9.17, 15) is 14.4 Å². The number of ether oxygens (including phenoxy) is 1. The van der Waals surface area contributed by atoms with Gasteiger partial charge in [0.1, 0.15) is 5.70 Å². The van der Waals surface area contributed by atoms with Crippen LogP contribution >= 0.6 is 0 Å². The number of rotatable bonds is 2. The number of benzene rings is 1. The number of aryl methyl sites for hydroxylation is 1. The predicted octanol–water partition coefficient (Wildman–Crippen LogP) is 2.20. The zero-order valence-corrected chi connectivity index (χ0v) is 16.4. The number of nitrogens with one attached hydrogen (secondary N) is 1. The van der Waals surface area contributed by atoms with Crippen LogP contribution in [0.25, 0.3) is 0 Å². The standard InChI is InChI=1S/C22H24N2O4/c1-12-4-6-14(7-5-12)17-18-15(10-13(2)11-16(18)25)24-9-8-23-21(26)20(24)19(17)22(27)28-3/h4-7,13,17H,8-11H2,1-3H3,(H,23,26)/t13-,17+/m1/s1. The first kappa shape index (κ1) is 18.5. The van der Waals surface area contributed by atoms with Crippen molar-refractivity contribution in [2.75, 3.05) is 20.2 Å². The zero-order valence-electron chi connectivity index (χ0n) is 16.4. The molecule has 2 aliphatic heterocycles. The quantitative estimate of drug-likeness (QED) is 0.796. The Bertz CT molecular complexity index is 926. The summed E-state index contributed by atoms with van der Waals surface area (Å²) < 4.78 is 5.06. The van der Waals surface area contributed by atoms with Crippen molar-refractivity contribution in [2.24, 2.45) is 5.92 Å². The van der Waals surface area contributed by atoms with Gasteiger partial charge in [-0.3, -0.25) is 9.59 Å². The number of methoxy groups -OCH3 is 1. The van der Waals surface area contributed by atoms with E-state index in [1.807, 2.05) is 43.0 Å². The van der Waals surface area contributed by atoms with Crippen LogP contribution in [0.15, 0.2) is 46.8 Å². The maximum absolute atomic E-state index is 13.1. The van der Waals surface area contributed by atoms with Gasteiger partial charge in [0.25, 0.3) is 5.91 Å². The number of carbonyl (C=O) groups excluding carboxylic acids is 3. The van der Waals surface area contributed by atoms with Crippen molar-refractivity contribution in [1.29, 1.82) is 0 Å². The molecule has 1 amide bonds. The molecule has 4 rings (SSSR count). The second-order valence-electron chi connectivity index (χ2n) is 7.80. The second kappa shape index (κ2) is 6.93. The lowest BCUT2D eigenvalue weighted by Gasteiger charge is -2.44. The summed E-state index contributed by atoms with van der Waals surface area (Å²) >= 11 is 0. The van der Waals surface area contributed by atoms with Crippen molar-refractivity contribution < 1.29 is 19.1 Å². The predicted molar refractivity (Wildman–Crippen MR) is 103 cm³/mol. The Labute approximate surface area is 164 Å². The number of nitrogens with zero attached hydrogens (tertiary/aromatic N) is 1. The zero-order chi connectivity index (χ0) is 20.0. The average Bonchev–Trinajstić information content (AvgIpc) is 2.67. The lowest BCUT2D eigenvalue weighted by atomic mass is 9.72. The summed E-state index contributed by atoms with van der Waals surface area (Å²) in [6.45, 7) is 5.05. The van der Waals surface area contributed by atoms with Gasteiger partial charge in [-0.15, -0.1) is 0 Å². The molecule has 0 bridgehead atoms. The molecule has 1 aromatic rings. The Balaban J connectivity index is 2.00. The molecule has 6 heteroatoms. The molecule has 1 N–H and O–H groups in total. The van der Waals surface area contributed by atoms with Crippen molar-refractivity contribution in [3.05, 3.63) is 57.9 Å². The molecule has 3 aliphatic rings. The van der Waals surface area contributed by atoms with Crippen LogP contribution in [0.4, 0.5) is 0 Å². The summed E-state index contributed by atoms with van der Waals surface area (Å²) in [5, 5.41) is 2.84. The summed E-state index contributed by atoms with van der Waals surface area (Å²) in [7, 11) is 1.31. The fourth-order valence-electron chi connectivity index (χ4n) is 4.52. The SMILES string of the molecule is COC(=O)C1=C2C(=O)NCCN2C2=C(C(=O)C[C@H](C)C2)[C@@H]1c1ccc(C)cc1. The summed E-state index contributed by atoms with van der Waals surface area (Å²) in [5.74, 6) is -1.19. The normalized spacial score (nSPS) is 24.6. The summed E-state index contributed by atoms with van der Waals surface area (Å²) in [5.41, 5.74) is 4.01.